The van der Waals surface area contributed by atoms with E-state index in [0.29, 0.717) is 19.4 Å². The molecule has 0 saturated heterocycles. The van der Waals surface area contributed by atoms with Gasteiger partial charge in [0.1, 0.15) is 11.6 Å². The minimum atomic E-state index is -0.215. The number of esters is 1. The molecule has 0 amide bonds. The lowest BCUT2D eigenvalue weighted by Crippen LogP contribution is -2.04. The van der Waals surface area contributed by atoms with E-state index in [1.165, 1.54) is 18.2 Å². The number of aromatic nitrogens is 2. The highest BCUT2D eigenvalue weighted by Crippen LogP contribution is 2.26. The molecule has 5 rings (SSSR count). The van der Waals surface area contributed by atoms with E-state index >= 15 is 0 Å². The van der Waals surface area contributed by atoms with Gasteiger partial charge in [0, 0.05) is 24.7 Å². The second-order valence-corrected chi connectivity index (χ2v) is 9.72. The van der Waals surface area contributed by atoms with E-state index in [9.17, 15) is 4.79 Å². The molecule has 0 radical (unpaired) electrons. The molecule has 5 nitrogen and oxygen atoms in total. The molecule has 0 aliphatic heterocycles. The van der Waals surface area contributed by atoms with Crippen molar-refractivity contribution in [3.63, 3.8) is 0 Å². The van der Waals surface area contributed by atoms with Gasteiger partial charge in [-0.1, -0.05) is 97.1 Å². The van der Waals surface area contributed by atoms with Crippen LogP contribution >= 0.6 is 0 Å². The third-order valence-electron chi connectivity index (χ3n) is 6.98. The largest absolute Gasteiger partial charge is 0.494 e. The van der Waals surface area contributed by atoms with Crippen LogP contribution in [0.3, 0.4) is 0 Å². The average molecular weight is 543 g/mol. The van der Waals surface area contributed by atoms with Crippen molar-refractivity contribution in [1.29, 1.82) is 0 Å². The summed E-state index contributed by atoms with van der Waals surface area (Å²) in [7, 11) is 1.40. The number of benzene rings is 4. The molecule has 0 aliphatic carbocycles. The molecule has 1 heterocycles. The van der Waals surface area contributed by atoms with Crippen molar-refractivity contribution in [2.24, 2.45) is 0 Å². The third kappa shape index (κ3) is 7.20. The summed E-state index contributed by atoms with van der Waals surface area (Å²) in [4.78, 5) is 16.1. The topological polar surface area (TPSA) is 53.4 Å². The van der Waals surface area contributed by atoms with E-state index < -0.39 is 0 Å². The van der Waals surface area contributed by atoms with E-state index in [2.05, 4.69) is 107 Å². The summed E-state index contributed by atoms with van der Waals surface area (Å²) in [6.07, 6.45) is 7.29. The summed E-state index contributed by atoms with van der Waals surface area (Å²) in [6, 6.07) is 35.5. The molecule has 0 aliphatic rings. The number of imidazole rings is 1. The molecule has 0 saturated carbocycles. The van der Waals surface area contributed by atoms with E-state index in [0.717, 1.165) is 46.1 Å². The third-order valence-corrected chi connectivity index (χ3v) is 6.98. The smallest absolute Gasteiger partial charge is 0.305 e. The van der Waals surface area contributed by atoms with Crippen LogP contribution in [0.15, 0.2) is 109 Å². The standard InChI is InChI=1S/C36H34N2O3/c1-3-38-26-34(32-18-16-30(17-19-32)28-8-5-4-6-9-28)37-35(38)24-13-27-11-14-29(15-12-27)31-20-22-33(23-21-31)41-25-7-10-36(39)40-2/h4-6,8-9,11-24,26H,3,7,10,25H2,1-2H3. The molecule has 0 bridgehead atoms. The Kier molecular flexibility index (Phi) is 9.07. The first-order chi connectivity index (χ1) is 20.1. The van der Waals surface area contributed by atoms with Gasteiger partial charge in [-0.25, -0.2) is 4.98 Å². The fourth-order valence-corrected chi connectivity index (χ4v) is 4.63. The Labute approximate surface area is 241 Å². The predicted octanol–water partition coefficient (Wildman–Crippen LogP) is 8.41. The van der Waals surface area contributed by atoms with Gasteiger partial charge in [-0.3, -0.25) is 4.79 Å². The highest BCUT2D eigenvalue weighted by Gasteiger charge is 2.08. The summed E-state index contributed by atoms with van der Waals surface area (Å²) in [5.41, 5.74) is 7.85. The fourth-order valence-electron chi connectivity index (χ4n) is 4.63. The number of nitrogens with zero attached hydrogens (tertiary/aromatic N) is 2. The van der Waals surface area contributed by atoms with Gasteiger partial charge >= 0.3 is 5.97 Å². The number of ether oxygens (including phenoxy) is 2. The molecule has 5 heteroatoms. The average Bonchev–Trinajstić information content (AvgIpc) is 3.46. The number of rotatable bonds is 11. The molecule has 41 heavy (non-hydrogen) atoms. The van der Waals surface area contributed by atoms with Gasteiger partial charge in [0.05, 0.1) is 19.4 Å². The normalized spacial score (nSPS) is 11.1. The maximum absolute atomic E-state index is 11.2. The van der Waals surface area contributed by atoms with E-state index in [-0.39, 0.29) is 5.97 Å². The molecular weight excluding hydrogens is 508 g/mol. The van der Waals surface area contributed by atoms with Crippen LogP contribution in [0.5, 0.6) is 5.75 Å². The van der Waals surface area contributed by atoms with Crippen molar-refractivity contribution in [3.8, 4) is 39.3 Å². The first-order valence-corrected chi connectivity index (χ1v) is 13.9. The molecule has 0 fully saturated rings. The molecule has 0 spiro atoms. The molecule has 0 unspecified atom stereocenters. The zero-order chi connectivity index (χ0) is 28.4. The van der Waals surface area contributed by atoms with Gasteiger partial charge < -0.3 is 14.0 Å². The molecule has 1 aromatic heterocycles. The van der Waals surface area contributed by atoms with Crippen LogP contribution in [0.25, 0.3) is 45.7 Å². The van der Waals surface area contributed by atoms with Gasteiger partial charge in [0.15, 0.2) is 0 Å². The molecule has 206 valence electrons. The van der Waals surface area contributed by atoms with Gasteiger partial charge in [-0.2, -0.15) is 0 Å². The lowest BCUT2D eigenvalue weighted by molar-refractivity contribution is -0.140. The number of methoxy groups -OCH3 is 1. The molecule has 5 aromatic rings. The van der Waals surface area contributed by atoms with E-state index in [1.54, 1.807) is 0 Å². The van der Waals surface area contributed by atoms with Crippen LogP contribution < -0.4 is 4.74 Å². The van der Waals surface area contributed by atoms with Crippen LogP contribution in [0.1, 0.15) is 31.2 Å². The first-order valence-electron chi connectivity index (χ1n) is 13.9. The first kappa shape index (κ1) is 27.7. The van der Waals surface area contributed by atoms with Gasteiger partial charge in [0.25, 0.3) is 0 Å². The van der Waals surface area contributed by atoms with Gasteiger partial charge in [-0.05, 0) is 59.4 Å². The molecule has 0 atom stereocenters. The van der Waals surface area contributed by atoms with Crippen molar-refractivity contribution >= 4 is 18.1 Å². The van der Waals surface area contributed by atoms with Crippen LogP contribution in [0.2, 0.25) is 0 Å². The number of hydrogen-bond donors (Lipinski definition) is 0. The maximum atomic E-state index is 11.2. The lowest BCUT2D eigenvalue weighted by atomic mass is 10.0. The number of aryl methyl sites for hydroxylation is 1. The minimum Gasteiger partial charge on any atom is -0.494 e. The SMILES string of the molecule is CCn1cc(-c2ccc(-c3ccccc3)cc2)nc1C=Cc1ccc(-c2ccc(OCCCC(=O)OC)cc2)cc1. The molecule has 0 N–H and O–H groups in total. The van der Waals surface area contributed by atoms with Crippen LogP contribution in [-0.4, -0.2) is 29.2 Å². The summed E-state index contributed by atoms with van der Waals surface area (Å²) in [6.45, 7) is 3.46. The van der Waals surface area contributed by atoms with Crippen molar-refractivity contribution in [3.05, 3.63) is 121 Å². The van der Waals surface area contributed by atoms with Crippen molar-refractivity contribution in [1.82, 2.24) is 9.55 Å². The Bertz CT molecular complexity index is 1580. The maximum Gasteiger partial charge on any atom is 0.305 e. The number of hydrogen-bond acceptors (Lipinski definition) is 4. The van der Waals surface area contributed by atoms with Crippen LogP contribution in [0, 0.1) is 0 Å². The Morgan fingerprint density at radius 3 is 1.98 bits per heavy atom. The number of carbonyl (C=O) groups excluding carboxylic acids is 1. The summed E-state index contributed by atoms with van der Waals surface area (Å²) in [5.74, 6) is 1.50. The highest BCUT2D eigenvalue weighted by atomic mass is 16.5. The monoisotopic (exact) mass is 542 g/mol. The van der Waals surface area contributed by atoms with Gasteiger partial charge in [0.2, 0.25) is 0 Å². The summed E-state index contributed by atoms with van der Waals surface area (Å²) >= 11 is 0. The highest BCUT2D eigenvalue weighted by molar-refractivity contribution is 5.73. The Hall–Kier alpha value is -4.90. The molecule has 4 aromatic carbocycles. The van der Waals surface area contributed by atoms with E-state index in [1.807, 2.05) is 30.3 Å². The van der Waals surface area contributed by atoms with Crippen molar-refractivity contribution < 1.29 is 14.3 Å². The Morgan fingerprint density at radius 1 is 0.756 bits per heavy atom. The van der Waals surface area contributed by atoms with Gasteiger partial charge in [-0.15, -0.1) is 0 Å². The fraction of sp³-hybridized carbons (Fsp3) is 0.167. The predicted molar refractivity (Wildman–Crippen MR) is 166 cm³/mol. The van der Waals surface area contributed by atoms with E-state index in [4.69, 9.17) is 9.72 Å². The summed E-state index contributed by atoms with van der Waals surface area (Å²) in [5, 5.41) is 0. The number of carbonyl (C=O) groups is 1. The second-order valence-electron chi connectivity index (χ2n) is 9.72. The quantitative estimate of drug-likeness (QED) is 0.124. The Morgan fingerprint density at radius 2 is 1.34 bits per heavy atom. The lowest BCUT2D eigenvalue weighted by Gasteiger charge is -2.07. The van der Waals surface area contributed by atoms with Crippen molar-refractivity contribution in [2.45, 2.75) is 26.3 Å². The Balaban J connectivity index is 1.22. The molecular formula is C36H34N2O3. The second kappa shape index (κ2) is 13.4. The van der Waals surface area contributed by atoms with Crippen LogP contribution in [-0.2, 0) is 16.1 Å². The van der Waals surface area contributed by atoms with Crippen LogP contribution in [0.4, 0.5) is 0 Å². The zero-order valence-corrected chi connectivity index (χ0v) is 23.5. The van der Waals surface area contributed by atoms with Crippen molar-refractivity contribution in [2.75, 3.05) is 13.7 Å². The summed E-state index contributed by atoms with van der Waals surface area (Å²) < 4.78 is 12.6. The minimum absolute atomic E-state index is 0.215. The zero-order valence-electron chi connectivity index (χ0n) is 23.5.